The lowest BCUT2D eigenvalue weighted by Gasteiger charge is -2.07. The summed E-state index contributed by atoms with van der Waals surface area (Å²) in [5.74, 6) is -0.103. The highest BCUT2D eigenvalue weighted by Crippen LogP contribution is 2.17. The molecule has 2 aromatic carbocycles. The summed E-state index contributed by atoms with van der Waals surface area (Å²) in [6.45, 7) is 2.44. The second kappa shape index (κ2) is 6.83. The van der Waals surface area contributed by atoms with E-state index < -0.39 is 0 Å². The molecule has 0 saturated heterocycles. The highest BCUT2D eigenvalue weighted by molar-refractivity contribution is 9.10. The zero-order chi connectivity index (χ0) is 15.4. The molecule has 0 unspecified atom stereocenters. The molecule has 0 aliphatic rings. The van der Waals surface area contributed by atoms with Gasteiger partial charge < -0.3 is 11.1 Å². The van der Waals surface area contributed by atoms with E-state index in [4.69, 9.17) is 18.0 Å². The first kappa shape index (κ1) is 15.7. The van der Waals surface area contributed by atoms with Crippen LogP contribution in [-0.4, -0.2) is 10.9 Å². The molecule has 2 aromatic rings. The number of amides is 1. The molecule has 0 atom stereocenters. The standard InChI is InChI=1S/C16H15BrN2OS/c1-10-2-5-13(8-14(10)17)16(20)19-9-11-3-6-12(7-4-11)15(18)21/h2-8H,9H2,1H3,(H2,18,21)(H,19,20). The van der Waals surface area contributed by atoms with Crippen molar-refractivity contribution in [1.82, 2.24) is 5.32 Å². The molecule has 1 amide bonds. The maximum absolute atomic E-state index is 12.1. The predicted molar refractivity (Wildman–Crippen MR) is 92.4 cm³/mol. The minimum atomic E-state index is -0.103. The van der Waals surface area contributed by atoms with Crippen molar-refractivity contribution in [2.75, 3.05) is 0 Å². The lowest BCUT2D eigenvalue weighted by Crippen LogP contribution is -2.22. The first-order valence-corrected chi connectivity index (χ1v) is 7.60. The quantitative estimate of drug-likeness (QED) is 0.820. The van der Waals surface area contributed by atoms with E-state index in [0.29, 0.717) is 17.1 Å². The number of carbonyl (C=O) groups excluding carboxylic acids is 1. The molecule has 0 bridgehead atoms. The third-order valence-corrected chi connectivity index (χ3v) is 4.22. The number of thiocarbonyl (C=S) groups is 1. The van der Waals surface area contributed by atoms with Crippen molar-refractivity contribution in [1.29, 1.82) is 0 Å². The van der Waals surface area contributed by atoms with Crippen LogP contribution in [-0.2, 0) is 6.54 Å². The van der Waals surface area contributed by atoms with Gasteiger partial charge in [0.1, 0.15) is 4.99 Å². The van der Waals surface area contributed by atoms with Crippen molar-refractivity contribution in [2.24, 2.45) is 5.73 Å². The van der Waals surface area contributed by atoms with Crippen molar-refractivity contribution in [3.63, 3.8) is 0 Å². The molecule has 0 aliphatic heterocycles. The van der Waals surface area contributed by atoms with Crippen LogP contribution >= 0.6 is 28.1 Å². The van der Waals surface area contributed by atoms with E-state index >= 15 is 0 Å². The number of halogens is 1. The van der Waals surface area contributed by atoms with Crippen molar-refractivity contribution in [2.45, 2.75) is 13.5 Å². The maximum Gasteiger partial charge on any atom is 0.251 e. The van der Waals surface area contributed by atoms with Crippen LogP contribution in [0.4, 0.5) is 0 Å². The van der Waals surface area contributed by atoms with E-state index in [1.54, 1.807) is 0 Å². The summed E-state index contributed by atoms with van der Waals surface area (Å²) >= 11 is 8.33. The van der Waals surface area contributed by atoms with Gasteiger partial charge in [0.05, 0.1) is 0 Å². The highest BCUT2D eigenvalue weighted by atomic mass is 79.9. The normalized spacial score (nSPS) is 10.2. The summed E-state index contributed by atoms with van der Waals surface area (Å²) < 4.78 is 0.927. The number of nitrogens with two attached hydrogens (primary N) is 1. The highest BCUT2D eigenvalue weighted by Gasteiger charge is 2.07. The molecule has 5 heteroatoms. The third-order valence-electron chi connectivity index (χ3n) is 3.13. The fraction of sp³-hybridized carbons (Fsp3) is 0.125. The van der Waals surface area contributed by atoms with Gasteiger partial charge in [-0.3, -0.25) is 4.79 Å². The van der Waals surface area contributed by atoms with Crippen molar-refractivity contribution in [3.8, 4) is 0 Å². The first-order chi connectivity index (χ1) is 9.97. The summed E-state index contributed by atoms with van der Waals surface area (Å²) in [5, 5.41) is 2.89. The summed E-state index contributed by atoms with van der Waals surface area (Å²) in [7, 11) is 0. The number of benzene rings is 2. The molecule has 0 aromatic heterocycles. The Kier molecular flexibility index (Phi) is 5.09. The molecule has 3 nitrogen and oxygen atoms in total. The van der Waals surface area contributed by atoms with E-state index in [0.717, 1.165) is 21.2 Å². The predicted octanol–water partition coefficient (Wildman–Crippen LogP) is 3.32. The van der Waals surface area contributed by atoms with Gasteiger partial charge in [0.2, 0.25) is 0 Å². The second-order valence-corrected chi connectivity index (χ2v) is 6.00. The van der Waals surface area contributed by atoms with Crippen LogP contribution in [0, 0.1) is 6.92 Å². The Labute approximate surface area is 137 Å². The van der Waals surface area contributed by atoms with Gasteiger partial charge in [-0.25, -0.2) is 0 Å². The van der Waals surface area contributed by atoms with Crippen molar-refractivity contribution >= 4 is 39.0 Å². The first-order valence-electron chi connectivity index (χ1n) is 6.40. The number of rotatable bonds is 4. The maximum atomic E-state index is 12.1. The van der Waals surface area contributed by atoms with E-state index in [1.807, 2.05) is 49.4 Å². The molecular weight excluding hydrogens is 348 g/mol. The van der Waals surface area contributed by atoms with Gasteiger partial charge in [-0.2, -0.15) is 0 Å². The number of aryl methyl sites for hydroxylation is 1. The molecule has 0 fully saturated rings. The Morgan fingerprint density at radius 3 is 2.38 bits per heavy atom. The van der Waals surface area contributed by atoms with Gasteiger partial charge in [-0.1, -0.05) is 58.5 Å². The third kappa shape index (κ3) is 4.12. The average molecular weight is 363 g/mol. The molecule has 0 spiro atoms. The summed E-state index contributed by atoms with van der Waals surface area (Å²) in [6, 6.07) is 13.1. The van der Waals surface area contributed by atoms with Crippen LogP contribution in [0.5, 0.6) is 0 Å². The molecule has 3 N–H and O–H groups in total. The Morgan fingerprint density at radius 2 is 1.81 bits per heavy atom. The SMILES string of the molecule is Cc1ccc(C(=O)NCc2ccc(C(N)=S)cc2)cc1Br. The average Bonchev–Trinajstić information content (AvgIpc) is 2.48. The summed E-state index contributed by atoms with van der Waals surface area (Å²) in [4.78, 5) is 12.5. The van der Waals surface area contributed by atoms with E-state index in [2.05, 4.69) is 21.2 Å². The largest absolute Gasteiger partial charge is 0.389 e. The molecule has 2 rings (SSSR count). The second-order valence-electron chi connectivity index (χ2n) is 4.71. The topological polar surface area (TPSA) is 55.1 Å². The Morgan fingerprint density at radius 1 is 1.19 bits per heavy atom. The van der Waals surface area contributed by atoms with Crippen LogP contribution in [0.2, 0.25) is 0 Å². The fourth-order valence-corrected chi connectivity index (χ4v) is 2.32. The molecule has 0 heterocycles. The Balaban J connectivity index is 2.00. The molecular formula is C16H15BrN2OS. The Hall–Kier alpha value is -1.72. The van der Waals surface area contributed by atoms with Crippen LogP contribution in [0.15, 0.2) is 46.9 Å². The molecule has 108 valence electrons. The van der Waals surface area contributed by atoms with Gasteiger partial charge in [-0.05, 0) is 30.2 Å². The Bertz CT molecular complexity index is 683. The number of hydrogen-bond acceptors (Lipinski definition) is 2. The van der Waals surface area contributed by atoms with Gasteiger partial charge in [-0.15, -0.1) is 0 Å². The van der Waals surface area contributed by atoms with Crippen LogP contribution in [0.1, 0.15) is 27.0 Å². The zero-order valence-electron chi connectivity index (χ0n) is 11.5. The minimum absolute atomic E-state index is 0.103. The van der Waals surface area contributed by atoms with Crippen molar-refractivity contribution < 1.29 is 4.79 Å². The van der Waals surface area contributed by atoms with E-state index in [-0.39, 0.29) is 5.91 Å². The van der Waals surface area contributed by atoms with Crippen LogP contribution in [0.3, 0.4) is 0 Å². The molecule has 21 heavy (non-hydrogen) atoms. The molecule has 0 radical (unpaired) electrons. The van der Waals surface area contributed by atoms with Crippen LogP contribution in [0.25, 0.3) is 0 Å². The number of hydrogen-bond donors (Lipinski definition) is 2. The van der Waals surface area contributed by atoms with Gasteiger partial charge in [0.25, 0.3) is 5.91 Å². The van der Waals surface area contributed by atoms with Crippen molar-refractivity contribution in [3.05, 3.63) is 69.2 Å². The minimum Gasteiger partial charge on any atom is -0.389 e. The molecule has 0 saturated carbocycles. The van der Waals surface area contributed by atoms with Gasteiger partial charge >= 0.3 is 0 Å². The fourth-order valence-electron chi connectivity index (χ4n) is 1.81. The lowest BCUT2D eigenvalue weighted by molar-refractivity contribution is 0.0951. The zero-order valence-corrected chi connectivity index (χ0v) is 13.9. The monoisotopic (exact) mass is 362 g/mol. The lowest BCUT2D eigenvalue weighted by atomic mass is 10.1. The summed E-state index contributed by atoms with van der Waals surface area (Å²) in [6.07, 6.45) is 0. The number of nitrogens with one attached hydrogen (secondary N) is 1. The van der Waals surface area contributed by atoms with E-state index in [1.165, 1.54) is 0 Å². The number of carbonyl (C=O) groups is 1. The smallest absolute Gasteiger partial charge is 0.251 e. The van der Waals surface area contributed by atoms with Gasteiger partial charge in [0, 0.05) is 22.1 Å². The summed E-state index contributed by atoms with van der Waals surface area (Å²) in [5.41, 5.74) is 9.09. The van der Waals surface area contributed by atoms with Crippen LogP contribution < -0.4 is 11.1 Å². The molecule has 0 aliphatic carbocycles. The van der Waals surface area contributed by atoms with E-state index in [9.17, 15) is 4.79 Å². The van der Waals surface area contributed by atoms with Gasteiger partial charge in [0.15, 0.2) is 0 Å².